The zero-order chi connectivity index (χ0) is 20.0. The van der Waals surface area contributed by atoms with Crippen LogP contribution in [0.1, 0.15) is 30.9 Å². The average Bonchev–Trinajstić information content (AvgIpc) is 3.14. The monoisotopic (exact) mass is 377 g/mol. The standard InChI is InChI=1S/C27H23NO/c1-17(2)20-13-14-28-24(15-20)22-11-9-18(3)26-23-12-10-21(16-25(23)29-27(22)26)19-7-5-4-6-8-19/h4-17H,1-3H3. The molecule has 0 fully saturated rings. The van der Waals surface area contributed by atoms with Crippen molar-refractivity contribution in [2.75, 3.05) is 0 Å². The number of fused-ring (bicyclic) bond motifs is 3. The fraction of sp³-hybridized carbons (Fsp3) is 0.148. The zero-order valence-corrected chi connectivity index (χ0v) is 16.9. The summed E-state index contributed by atoms with van der Waals surface area (Å²) in [7, 11) is 0. The predicted molar refractivity (Wildman–Crippen MR) is 121 cm³/mol. The van der Waals surface area contributed by atoms with Gasteiger partial charge in [0, 0.05) is 22.5 Å². The molecule has 2 nitrogen and oxygen atoms in total. The molecule has 0 amide bonds. The van der Waals surface area contributed by atoms with Crippen LogP contribution >= 0.6 is 0 Å². The molecule has 0 unspecified atom stereocenters. The van der Waals surface area contributed by atoms with E-state index in [2.05, 4.69) is 92.5 Å². The van der Waals surface area contributed by atoms with Crippen LogP contribution in [0.15, 0.2) is 83.4 Å². The third kappa shape index (κ3) is 3.01. The lowest BCUT2D eigenvalue weighted by molar-refractivity contribution is 0.670. The van der Waals surface area contributed by atoms with E-state index < -0.39 is 0 Å². The fourth-order valence-corrected chi connectivity index (χ4v) is 4.01. The molecule has 0 saturated heterocycles. The Bertz CT molecular complexity index is 1330. The third-order valence-electron chi connectivity index (χ3n) is 5.66. The van der Waals surface area contributed by atoms with E-state index in [9.17, 15) is 0 Å². The second kappa shape index (κ2) is 6.89. The van der Waals surface area contributed by atoms with E-state index in [1.54, 1.807) is 0 Å². The van der Waals surface area contributed by atoms with Gasteiger partial charge < -0.3 is 4.42 Å². The highest BCUT2D eigenvalue weighted by Gasteiger charge is 2.16. The van der Waals surface area contributed by atoms with Gasteiger partial charge >= 0.3 is 0 Å². The summed E-state index contributed by atoms with van der Waals surface area (Å²) < 4.78 is 6.44. The second-order valence-electron chi connectivity index (χ2n) is 7.94. The summed E-state index contributed by atoms with van der Waals surface area (Å²) in [5, 5.41) is 2.33. The van der Waals surface area contributed by atoms with Crippen LogP contribution in [-0.2, 0) is 0 Å². The first-order chi connectivity index (χ1) is 14.1. The number of benzene rings is 3. The summed E-state index contributed by atoms with van der Waals surface area (Å²) in [6.07, 6.45) is 1.90. The Balaban J connectivity index is 1.75. The largest absolute Gasteiger partial charge is 0.455 e. The maximum absolute atomic E-state index is 6.44. The molecular weight excluding hydrogens is 354 g/mol. The van der Waals surface area contributed by atoms with Crippen molar-refractivity contribution in [3.63, 3.8) is 0 Å². The number of nitrogens with zero attached hydrogens (tertiary/aromatic N) is 1. The van der Waals surface area contributed by atoms with Gasteiger partial charge in [-0.15, -0.1) is 0 Å². The van der Waals surface area contributed by atoms with Crippen molar-refractivity contribution < 1.29 is 4.42 Å². The minimum Gasteiger partial charge on any atom is -0.455 e. The van der Waals surface area contributed by atoms with Gasteiger partial charge in [0.15, 0.2) is 0 Å². The number of aromatic nitrogens is 1. The first kappa shape index (κ1) is 17.7. The summed E-state index contributed by atoms with van der Waals surface area (Å²) >= 11 is 0. The molecule has 142 valence electrons. The van der Waals surface area contributed by atoms with Gasteiger partial charge in [-0.3, -0.25) is 4.98 Å². The Morgan fingerprint density at radius 1 is 0.828 bits per heavy atom. The van der Waals surface area contributed by atoms with E-state index in [4.69, 9.17) is 4.42 Å². The lowest BCUT2D eigenvalue weighted by Gasteiger charge is -2.08. The molecule has 0 aliphatic rings. The van der Waals surface area contributed by atoms with Crippen LogP contribution < -0.4 is 0 Å². The summed E-state index contributed by atoms with van der Waals surface area (Å²) in [4.78, 5) is 4.65. The maximum Gasteiger partial charge on any atom is 0.145 e. The number of furan rings is 1. The summed E-state index contributed by atoms with van der Waals surface area (Å²) in [6, 6.07) is 25.5. The molecule has 0 aliphatic heterocycles. The highest BCUT2D eigenvalue weighted by Crippen LogP contribution is 2.39. The van der Waals surface area contributed by atoms with Crippen molar-refractivity contribution in [3.05, 3.63) is 90.1 Å². The quantitative estimate of drug-likeness (QED) is 0.321. The molecule has 0 spiro atoms. The number of hydrogen-bond acceptors (Lipinski definition) is 2. The molecule has 0 aliphatic carbocycles. The molecule has 5 rings (SSSR count). The predicted octanol–water partition coefficient (Wildman–Crippen LogP) is 7.75. The van der Waals surface area contributed by atoms with E-state index in [1.165, 1.54) is 22.1 Å². The molecule has 0 bridgehead atoms. The lowest BCUT2D eigenvalue weighted by Crippen LogP contribution is -1.91. The topological polar surface area (TPSA) is 26.0 Å². The van der Waals surface area contributed by atoms with Gasteiger partial charge in [0.25, 0.3) is 0 Å². The van der Waals surface area contributed by atoms with E-state index in [-0.39, 0.29) is 0 Å². The highest BCUT2D eigenvalue weighted by molar-refractivity contribution is 6.11. The number of pyridine rings is 1. The van der Waals surface area contributed by atoms with Crippen molar-refractivity contribution in [3.8, 4) is 22.4 Å². The van der Waals surface area contributed by atoms with E-state index in [0.29, 0.717) is 5.92 Å². The Kier molecular flexibility index (Phi) is 4.21. The van der Waals surface area contributed by atoms with Crippen molar-refractivity contribution in [2.45, 2.75) is 26.7 Å². The van der Waals surface area contributed by atoms with Crippen LogP contribution in [0.25, 0.3) is 44.3 Å². The van der Waals surface area contributed by atoms with Crippen LogP contribution in [0.3, 0.4) is 0 Å². The molecule has 2 aromatic heterocycles. The van der Waals surface area contributed by atoms with E-state index in [1.807, 2.05) is 12.3 Å². The van der Waals surface area contributed by atoms with Crippen molar-refractivity contribution in [2.24, 2.45) is 0 Å². The molecule has 2 heterocycles. The molecule has 29 heavy (non-hydrogen) atoms. The zero-order valence-electron chi connectivity index (χ0n) is 16.9. The average molecular weight is 377 g/mol. The normalized spacial score (nSPS) is 11.6. The third-order valence-corrected chi connectivity index (χ3v) is 5.66. The first-order valence-corrected chi connectivity index (χ1v) is 10.1. The molecule has 0 N–H and O–H groups in total. The molecule has 0 saturated carbocycles. The highest BCUT2D eigenvalue weighted by atomic mass is 16.3. The minimum atomic E-state index is 0.460. The molecule has 0 radical (unpaired) electrons. The van der Waals surface area contributed by atoms with Gasteiger partial charge in [-0.25, -0.2) is 0 Å². The summed E-state index contributed by atoms with van der Waals surface area (Å²) in [6.45, 7) is 6.55. The number of rotatable bonds is 3. The molecule has 2 heteroatoms. The van der Waals surface area contributed by atoms with Crippen molar-refractivity contribution in [1.82, 2.24) is 4.98 Å². The van der Waals surface area contributed by atoms with Gasteiger partial charge in [-0.05, 0) is 65.4 Å². The number of hydrogen-bond donors (Lipinski definition) is 0. The van der Waals surface area contributed by atoms with Gasteiger partial charge in [0.2, 0.25) is 0 Å². The van der Waals surface area contributed by atoms with Gasteiger partial charge in [-0.1, -0.05) is 56.3 Å². The van der Waals surface area contributed by atoms with E-state index in [0.717, 1.165) is 33.4 Å². The Labute approximate surface area is 170 Å². The van der Waals surface area contributed by atoms with Gasteiger partial charge in [0.05, 0.1) is 5.69 Å². The SMILES string of the molecule is Cc1ccc(-c2cc(C(C)C)ccn2)c2oc3cc(-c4ccccc4)ccc3c12. The number of aryl methyl sites for hydroxylation is 1. The van der Waals surface area contributed by atoms with Crippen LogP contribution in [0.2, 0.25) is 0 Å². The van der Waals surface area contributed by atoms with Crippen LogP contribution in [0, 0.1) is 6.92 Å². The molecule has 5 aromatic rings. The molecule has 0 atom stereocenters. The Morgan fingerprint density at radius 2 is 1.66 bits per heavy atom. The summed E-state index contributed by atoms with van der Waals surface area (Å²) in [5.74, 6) is 0.460. The minimum absolute atomic E-state index is 0.460. The van der Waals surface area contributed by atoms with Gasteiger partial charge in [-0.2, -0.15) is 0 Å². The first-order valence-electron chi connectivity index (χ1n) is 10.1. The van der Waals surface area contributed by atoms with Crippen LogP contribution in [0.5, 0.6) is 0 Å². The lowest BCUT2D eigenvalue weighted by atomic mass is 9.98. The van der Waals surface area contributed by atoms with Gasteiger partial charge in [0.1, 0.15) is 11.2 Å². The Hall–Kier alpha value is -3.39. The second-order valence-corrected chi connectivity index (χ2v) is 7.94. The smallest absolute Gasteiger partial charge is 0.145 e. The Morgan fingerprint density at radius 3 is 2.45 bits per heavy atom. The molecule has 3 aromatic carbocycles. The molecular formula is C27H23NO. The van der Waals surface area contributed by atoms with Crippen molar-refractivity contribution in [1.29, 1.82) is 0 Å². The summed E-state index contributed by atoms with van der Waals surface area (Å²) in [5.41, 5.74) is 8.69. The van der Waals surface area contributed by atoms with Crippen LogP contribution in [0.4, 0.5) is 0 Å². The van der Waals surface area contributed by atoms with Crippen LogP contribution in [-0.4, -0.2) is 4.98 Å². The maximum atomic E-state index is 6.44. The van der Waals surface area contributed by atoms with E-state index >= 15 is 0 Å². The fourth-order valence-electron chi connectivity index (χ4n) is 4.01. The van der Waals surface area contributed by atoms with Crippen molar-refractivity contribution >= 4 is 21.9 Å².